The summed E-state index contributed by atoms with van der Waals surface area (Å²) in [6.45, 7) is 2.50. The summed E-state index contributed by atoms with van der Waals surface area (Å²) in [5.41, 5.74) is -0.112. The number of rotatable bonds is 4. The average molecular weight is 329 g/mol. The van der Waals surface area contributed by atoms with Crippen LogP contribution in [0.1, 0.15) is 0 Å². The molecule has 1 aromatic heterocycles. The van der Waals surface area contributed by atoms with Gasteiger partial charge in [-0.25, -0.2) is 4.98 Å². The lowest BCUT2D eigenvalue weighted by Gasteiger charge is -2.36. The van der Waals surface area contributed by atoms with Crippen LogP contribution in [0.4, 0.5) is 22.9 Å². The van der Waals surface area contributed by atoms with Crippen molar-refractivity contribution in [1.82, 2.24) is 4.98 Å². The van der Waals surface area contributed by atoms with E-state index in [9.17, 15) is 20.2 Å². The first-order valence-corrected chi connectivity index (χ1v) is 7.40. The molecule has 0 saturated carbocycles. The van der Waals surface area contributed by atoms with Crippen LogP contribution in [0, 0.1) is 20.2 Å². The van der Waals surface area contributed by atoms with E-state index in [1.54, 1.807) is 6.20 Å². The van der Waals surface area contributed by atoms with E-state index in [2.05, 4.69) is 9.88 Å². The van der Waals surface area contributed by atoms with Crippen LogP contribution in [-0.4, -0.2) is 41.0 Å². The van der Waals surface area contributed by atoms with Crippen LogP contribution < -0.4 is 9.80 Å². The highest BCUT2D eigenvalue weighted by Gasteiger charge is 2.26. The number of nitro groups is 2. The topological polar surface area (TPSA) is 106 Å². The van der Waals surface area contributed by atoms with Gasteiger partial charge in [0.15, 0.2) is 0 Å². The van der Waals surface area contributed by atoms with Crippen LogP contribution in [0.25, 0.3) is 0 Å². The van der Waals surface area contributed by atoms with Gasteiger partial charge in [-0.3, -0.25) is 20.2 Å². The molecule has 1 aliphatic rings. The third-order valence-corrected chi connectivity index (χ3v) is 3.96. The second-order valence-corrected chi connectivity index (χ2v) is 5.35. The number of hydrogen-bond acceptors (Lipinski definition) is 7. The van der Waals surface area contributed by atoms with Crippen molar-refractivity contribution >= 4 is 22.9 Å². The molecule has 9 nitrogen and oxygen atoms in total. The van der Waals surface area contributed by atoms with Crippen LogP contribution >= 0.6 is 0 Å². The van der Waals surface area contributed by atoms with Gasteiger partial charge in [0.05, 0.1) is 15.9 Å². The van der Waals surface area contributed by atoms with Crippen molar-refractivity contribution in [3.8, 4) is 0 Å². The molecule has 24 heavy (non-hydrogen) atoms. The van der Waals surface area contributed by atoms with Crippen molar-refractivity contribution in [2.24, 2.45) is 0 Å². The van der Waals surface area contributed by atoms with Gasteiger partial charge in [0, 0.05) is 38.4 Å². The van der Waals surface area contributed by atoms with Gasteiger partial charge in [-0.2, -0.15) is 0 Å². The van der Waals surface area contributed by atoms with Crippen molar-refractivity contribution < 1.29 is 9.85 Å². The highest BCUT2D eigenvalue weighted by Crippen LogP contribution is 2.32. The van der Waals surface area contributed by atoms with Gasteiger partial charge in [0.25, 0.3) is 11.4 Å². The molecular formula is C15H15N5O4. The summed E-state index contributed by atoms with van der Waals surface area (Å²) in [5, 5.41) is 22.1. The van der Waals surface area contributed by atoms with E-state index in [0.29, 0.717) is 31.9 Å². The van der Waals surface area contributed by atoms with Gasteiger partial charge in [-0.05, 0) is 18.2 Å². The van der Waals surface area contributed by atoms with Gasteiger partial charge in [0.2, 0.25) is 0 Å². The maximum absolute atomic E-state index is 11.3. The standard InChI is InChI=1S/C15H15N5O4/c21-19(22)12-4-5-13(14(11-12)20(23)24)17-7-9-18(10-8-17)15-3-1-2-6-16-15/h1-6,11H,7-10H2. The first kappa shape index (κ1) is 15.7. The molecule has 0 N–H and O–H groups in total. The summed E-state index contributed by atoms with van der Waals surface area (Å²) < 4.78 is 0. The first-order valence-electron chi connectivity index (χ1n) is 7.40. The largest absolute Gasteiger partial charge is 0.362 e. The Bertz CT molecular complexity index is 760. The van der Waals surface area contributed by atoms with Gasteiger partial charge >= 0.3 is 0 Å². The van der Waals surface area contributed by atoms with E-state index in [0.717, 1.165) is 11.9 Å². The van der Waals surface area contributed by atoms with E-state index >= 15 is 0 Å². The van der Waals surface area contributed by atoms with Gasteiger partial charge < -0.3 is 9.80 Å². The number of anilines is 2. The van der Waals surface area contributed by atoms with Gasteiger partial charge in [-0.1, -0.05) is 6.07 Å². The monoisotopic (exact) mass is 329 g/mol. The summed E-state index contributed by atoms with van der Waals surface area (Å²) in [7, 11) is 0. The van der Waals surface area contributed by atoms with Crippen LogP contribution in [0.2, 0.25) is 0 Å². The van der Waals surface area contributed by atoms with Crippen molar-refractivity contribution in [2.45, 2.75) is 0 Å². The van der Waals surface area contributed by atoms with E-state index in [1.165, 1.54) is 12.1 Å². The van der Waals surface area contributed by atoms with Crippen molar-refractivity contribution in [2.75, 3.05) is 36.0 Å². The third kappa shape index (κ3) is 3.09. The molecule has 0 bridgehead atoms. The molecule has 2 heterocycles. The van der Waals surface area contributed by atoms with Crippen LogP contribution in [0.3, 0.4) is 0 Å². The number of pyridine rings is 1. The van der Waals surface area contributed by atoms with E-state index in [1.807, 2.05) is 23.1 Å². The Morgan fingerprint density at radius 1 is 0.917 bits per heavy atom. The lowest BCUT2D eigenvalue weighted by molar-refractivity contribution is -0.393. The number of nitro benzene ring substituents is 2. The summed E-state index contributed by atoms with van der Waals surface area (Å²) in [4.78, 5) is 29.2. The molecule has 0 unspecified atom stereocenters. The molecular weight excluding hydrogens is 314 g/mol. The Morgan fingerprint density at radius 2 is 1.62 bits per heavy atom. The summed E-state index contributed by atoms with van der Waals surface area (Å²) in [5.74, 6) is 0.871. The zero-order valence-corrected chi connectivity index (χ0v) is 12.7. The Labute approximate surface area is 137 Å². The van der Waals surface area contributed by atoms with E-state index < -0.39 is 9.85 Å². The summed E-state index contributed by atoms with van der Waals surface area (Å²) in [6, 6.07) is 9.44. The smallest absolute Gasteiger partial charge is 0.299 e. The van der Waals surface area contributed by atoms with Crippen molar-refractivity contribution in [3.05, 3.63) is 62.8 Å². The number of aromatic nitrogens is 1. The Hall–Kier alpha value is -3.23. The zero-order valence-electron chi connectivity index (χ0n) is 12.7. The highest BCUT2D eigenvalue weighted by atomic mass is 16.6. The quantitative estimate of drug-likeness (QED) is 0.625. The lowest BCUT2D eigenvalue weighted by atomic mass is 10.2. The minimum Gasteiger partial charge on any atom is -0.362 e. The Morgan fingerprint density at radius 3 is 2.21 bits per heavy atom. The average Bonchev–Trinajstić information content (AvgIpc) is 2.62. The number of nitrogens with zero attached hydrogens (tertiary/aromatic N) is 5. The van der Waals surface area contributed by atoms with Crippen molar-refractivity contribution in [1.29, 1.82) is 0 Å². The molecule has 0 atom stereocenters. The molecule has 0 radical (unpaired) electrons. The summed E-state index contributed by atoms with van der Waals surface area (Å²) >= 11 is 0. The second-order valence-electron chi connectivity index (χ2n) is 5.35. The predicted molar refractivity (Wildman–Crippen MR) is 88.4 cm³/mol. The Kier molecular flexibility index (Phi) is 4.23. The fraction of sp³-hybridized carbons (Fsp3) is 0.267. The molecule has 1 fully saturated rings. The molecule has 0 aliphatic carbocycles. The SMILES string of the molecule is O=[N+]([O-])c1ccc(N2CCN(c3ccccn3)CC2)c([N+](=O)[O-])c1. The lowest BCUT2D eigenvalue weighted by Crippen LogP contribution is -2.47. The second kappa shape index (κ2) is 6.49. The van der Waals surface area contributed by atoms with Gasteiger partial charge in [-0.15, -0.1) is 0 Å². The normalized spacial score (nSPS) is 14.5. The zero-order chi connectivity index (χ0) is 17.1. The first-order chi connectivity index (χ1) is 11.6. The number of hydrogen-bond donors (Lipinski definition) is 0. The number of non-ortho nitro benzene ring substituents is 1. The number of benzene rings is 1. The molecule has 2 aromatic rings. The fourth-order valence-electron chi connectivity index (χ4n) is 2.76. The van der Waals surface area contributed by atoms with Crippen LogP contribution in [0.15, 0.2) is 42.6 Å². The van der Waals surface area contributed by atoms with E-state index in [-0.39, 0.29) is 11.4 Å². The predicted octanol–water partition coefficient (Wildman–Crippen LogP) is 2.22. The molecule has 1 aliphatic heterocycles. The molecule has 3 rings (SSSR count). The highest BCUT2D eigenvalue weighted by molar-refractivity contribution is 5.67. The molecule has 9 heteroatoms. The van der Waals surface area contributed by atoms with E-state index in [4.69, 9.17) is 0 Å². The number of piperazine rings is 1. The third-order valence-electron chi connectivity index (χ3n) is 3.96. The maximum atomic E-state index is 11.3. The van der Waals surface area contributed by atoms with Crippen LogP contribution in [0.5, 0.6) is 0 Å². The molecule has 124 valence electrons. The molecule has 0 spiro atoms. The van der Waals surface area contributed by atoms with Crippen LogP contribution in [-0.2, 0) is 0 Å². The minimum atomic E-state index is -0.629. The van der Waals surface area contributed by atoms with Gasteiger partial charge in [0.1, 0.15) is 11.5 Å². The molecule has 0 amide bonds. The molecule has 1 saturated heterocycles. The minimum absolute atomic E-state index is 0.240. The van der Waals surface area contributed by atoms with Crippen molar-refractivity contribution in [3.63, 3.8) is 0 Å². The fourth-order valence-corrected chi connectivity index (χ4v) is 2.76. The Balaban J connectivity index is 1.79. The summed E-state index contributed by atoms with van der Waals surface area (Å²) in [6.07, 6.45) is 1.73. The maximum Gasteiger partial charge on any atom is 0.299 e. The molecule has 1 aromatic carbocycles.